The number of fused-ring (bicyclic) bond motifs is 1. The van der Waals surface area contributed by atoms with Crippen molar-refractivity contribution in [3.8, 4) is 0 Å². The summed E-state index contributed by atoms with van der Waals surface area (Å²) in [4.78, 5) is 6.11. The van der Waals surface area contributed by atoms with E-state index in [4.69, 9.17) is 16.0 Å². The summed E-state index contributed by atoms with van der Waals surface area (Å²) >= 11 is 8.17. The number of pyridine rings is 1. The molecule has 3 heterocycles. The average molecular weight is 361 g/mol. The van der Waals surface area contributed by atoms with E-state index in [-0.39, 0.29) is 0 Å². The van der Waals surface area contributed by atoms with Crippen LogP contribution < -0.4 is 5.32 Å². The Kier molecular flexibility index (Phi) is 4.51. The van der Waals surface area contributed by atoms with Crippen LogP contribution in [0, 0.1) is 6.92 Å². The van der Waals surface area contributed by atoms with Crippen molar-refractivity contribution in [1.82, 2.24) is 4.98 Å². The number of hydrogen-bond donors (Lipinski definition) is 1. The molecule has 0 radical (unpaired) electrons. The molecule has 0 spiro atoms. The highest BCUT2D eigenvalue weighted by atomic mass is 35.5. The van der Waals surface area contributed by atoms with E-state index in [0.717, 1.165) is 17.0 Å². The number of aryl methyl sites for hydroxylation is 1. The number of aromatic nitrogens is 1. The summed E-state index contributed by atoms with van der Waals surface area (Å²) < 4.78 is 6.63. The van der Waals surface area contributed by atoms with E-state index in [0.29, 0.717) is 17.6 Å². The van der Waals surface area contributed by atoms with Crippen molar-refractivity contribution < 1.29 is 4.42 Å². The Morgan fingerprint density at radius 3 is 2.92 bits per heavy atom. The number of nitrogens with one attached hydrogen (secondary N) is 1. The molecule has 3 aromatic rings. The second kappa shape index (κ2) is 6.77. The maximum Gasteiger partial charge on any atom is 0.131 e. The van der Waals surface area contributed by atoms with Crippen LogP contribution in [0.2, 0.25) is 5.15 Å². The number of halogens is 1. The van der Waals surface area contributed by atoms with Crippen LogP contribution in [-0.4, -0.2) is 4.98 Å². The molecule has 1 aliphatic carbocycles. The summed E-state index contributed by atoms with van der Waals surface area (Å²) in [6, 6.07) is 5.80. The molecule has 0 atom stereocenters. The Balaban J connectivity index is 1.70. The molecule has 1 fully saturated rings. The molecule has 3 aromatic heterocycles. The minimum atomic E-state index is 0.542. The van der Waals surface area contributed by atoms with Gasteiger partial charge in [0, 0.05) is 10.9 Å². The fourth-order valence-corrected chi connectivity index (χ4v) is 5.25. The smallest absolute Gasteiger partial charge is 0.131 e. The molecule has 1 saturated carbocycles. The monoisotopic (exact) mass is 360 g/mol. The van der Waals surface area contributed by atoms with Crippen molar-refractivity contribution in [1.29, 1.82) is 0 Å². The Labute approximate surface area is 151 Å². The van der Waals surface area contributed by atoms with Gasteiger partial charge in [-0.2, -0.15) is 0 Å². The standard InChI is InChI=1S/C19H21ClN2OS/c1-12-17-19(24-18(12)13-6-3-2-4-7-13)15(10-16(20)22-17)21-11-14-8-5-9-23-14/h5,8-10,13H,2-4,6-7,11H2,1H3,(H,21,22). The molecule has 0 aliphatic heterocycles. The molecule has 1 N–H and O–H groups in total. The molecule has 0 saturated heterocycles. The van der Waals surface area contributed by atoms with Crippen LogP contribution in [0.25, 0.3) is 10.2 Å². The number of nitrogens with zero attached hydrogens (tertiary/aromatic N) is 1. The molecular weight excluding hydrogens is 340 g/mol. The highest BCUT2D eigenvalue weighted by Gasteiger charge is 2.22. The maximum atomic E-state index is 6.28. The van der Waals surface area contributed by atoms with Gasteiger partial charge in [0.05, 0.1) is 28.7 Å². The minimum Gasteiger partial charge on any atom is -0.467 e. The average Bonchev–Trinajstić information content (AvgIpc) is 3.22. The Hall–Kier alpha value is -1.52. The summed E-state index contributed by atoms with van der Waals surface area (Å²) in [6.45, 7) is 2.85. The van der Waals surface area contributed by atoms with E-state index in [1.807, 2.05) is 29.5 Å². The highest BCUT2D eigenvalue weighted by molar-refractivity contribution is 7.20. The molecule has 126 valence electrons. The lowest BCUT2D eigenvalue weighted by Crippen LogP contribution is -2.03. The first-order chi connectivity index (χ1) is 11.7. The van der Waals surface area contributed by atoms with Gasteiger partial charge in [-0.15, -0.1) is 11.3 Å². The van der Waals surface area contributed by atoms with Gasteiger partial charge in [0.1, 0.15) is 10.9 Å². The van der Waals surface area contributed by atoms with E-state index in [2.05, 4.69) is 17.2 Å². The van der Waals surface area contributed by atoms with Gasteiger partial charge >= 0.3 is 0 Å². The van der Waals surface area contributed by atoms with E-state index in [1.54, 1.807) is 6.26 Å². The lowest BCUT2D eigenvalue weighted by molar-refractivity contribution is 0.447. The summed E-state index contributed by atoms with van der Waals surface area (Å²) in [5, 5.41) is 4.01. The summed E-state index contributed by atoms with van der Waals surface area (Å²) in [6.07, 6.45) is 8.36. The van der Waals surface area contributed by atoms with Gasteiger partial charge in [0.15, 0.2) is 0 Å². The van der Waals surface area contributed by atoms with E-state index >= 15 is 0 Å². The number of anilines is 1. The van der Waals surface area contributed by atoms with Crippen molar-refractivity contribution in [3.05, 3.63) is 45.8 Å². The molecule has 24 heavy (non-hydrogen) atoms. The van der Waals surface area contributed by atoms with Gasteiger partial charge in [-0.3, -0.25) is 0 Å². The van der Waals surface area contributed by atoms with Gasteiger partial charge in [0.25, 0.3) is 0 Å². The van der Waals surface area contributed by atoms with Gasteiger partial charge in [-0.05, 0) is 43.4 Å². The molecule has 0 aromatic carbocycles. The maximum absolute atomic E-state index is 6.28. The molecule has 0 unspecified atom stereocenters. The second-order valence-electron chi connectivity index (χ2n) is 6.53. The first-order valence-electron chi connectivity index (χ1n) is 8.58. The summed E-state index contributed by atoms with van der Waals surface area (Å²) in [5.74, 6) is 1.60. The van der Waals surface area contributed by atoms with Crippen molar-refractivity contribution in [3.63, 3.8) is 0 Å². The molecule has 0 bridgehead atoms. The normalized spacial score (nSPS) is 15.9. The van der Waals surface area contributed by atoms with Gasteiger partial charge < -0.3 is 9.73 Å². The second-order valence-corrected chi connectivity index (χ2v) is 7.97. The fourth-order valence-electron chi connectivity index (χ4n) is 3.64. The molecule has 3 nitrogen and oxygen atoms in total. The van der Waals surface area contributed by atoms with Crippen LogP contribution in [0.4, 0.5) is 5.69 Å². The molecule has 4 rings (SSSR count). The first kappa shape index (κ1) is 16.0. The Morgan fingerprint density at radius 2 is 2.17 bits per heavy atom. The molecule has 1 aliphatic rings. The predicted molar refractivity (Wildman–Crippen MR) is 101 cm³/mol. The Bertz CT molecular complexity index is 835. The predicted octanol–water partition coefficient (Wildman–Crippen LogP) is 6.51. The third-order valence-electron chi connectivity index (χ3n) is 4.89. The zero-order chi connectivity index (χ0) is 16.5. The number of rotatable bonds is 4. The third-order valence-corrected chi connectivity index (χ3v) is 6.56. The minimum absolute atomic E-state index is 0.542. The van der Waals surface area contributed by atoms with Crippen molar-refractivity contribution in [2.75, 3.05) is 5.32 Å². The SMILES string of the molecule is Cc1c(C2CCCCC2)sc2c(NCc3ccco3)cc(Cl)nc12. The highest BCUT2D eigenvalue weighted by Crippen LogP contribution is 2.44. The van der Waals surface area contributed by atoms with Crippen LogP contribution in [0.5, 0.6) is 0 Å². The van der Waals surface area contributed by atoms with Crippen LogP contribution in [-0.2, 0) is 6.54 Å². The van der Waals surface area contributed by atoms with E-state index in [1.165, 1.54) is 47.2 Å². The van der Waals surface area contributed by atoms with Crippen LogP contribution in [0.3, 0.4) is 0 Å². The molecule has 5 heteroatoms. The van der Waals surface area contributed by atoms with E-state index < -0.39 is 0 Å². The zero-order valence-corrected chi connectivity index (χ0v) is 15.3. The quantitative estimate of drug-likeness (QED) is 0.539. The lowest BCUT2D eigenvalue weighted by Gasteiger charge is -2.21. The Morgan fingerprint density at radius 1 is 1.33 bits per heavy atom. The van der Waals surface area contributed by atoms with Crippen LogP contribution >= 0.6 is 22.9 Å². The summed E-state index contributed by atoms with van der Waals surface area (Å²) in [7, 11) is 0. The topological polar surface area (TPSA) is 38.1 Å². The van der Waals surface area contributed by atoms with Crippen molar-refractivity contribution >= 4 is 38.8 Å². The lowest BCUT2D eigenvalue weighted by atomic mass is 9.87. The van der Waals surface area contributed by atoms with Crippen molar-refractivity contribution in [2.24, 2.45) is 0 Å². The fraction of sp³-hybridized carbons (Fsp3) is 0.421. The van der Waals surface area contributed by atoms with Gasteiger partial charge in [-0.25, -0.2) is 4.98 Å². The number of thiophene rings is 1. The van der Waals surface area contributed by atoms with Crippen molar-refractivity contribution in [2.45, 2.75) is 51.5 Å². The van der Waals surface area contributed by atoms with Crippen LogP contribution in [0.15, 0.2) is 28.9 Å². The first-order valence-corrected chi connectivity index (χ1v) is 9.77. The van der Waals surface area contributed by atoms with Gasteiger partial charge in [-0.1, -0.05) is 30.9 Å². The molecular formula is C19H21ClN2OS. The largest absolute Gasteiger partial charge is 0.467 e. The van der Waals surface area contributed by atoms with Gasteiger partial charge in [0.2, 0.25) is 0 Å². The zero-order valence-electron chi connectivity index (χ0n) is 13.8. The number of furan rings is 1. The third kappa shape index (κ3) is 3.05. The number of hydrogen-bond acceptors (Lipinski definition) is 4. The molecule has 0 amide bonds. The van der Waals surface area contributed by atoms with Crippen LogP contribution in [0.1, 0.15) is 54.2 Å². The summed E-state index contributed by atoms with van der Waals surface area (Å²) in [5.41, 5.74) is 3.41. The van der Waals surface area contributed by atoms with E-state index in [9.17, 15) is 0 Å².